The average molecular weight is 389 g/mol. The zero-order valence-electron chi connectivity index (χ0n) is 14.1. The Morgan fingerprint density at radius 1 is 1.19 bits per heavy atom. The smallest absolute Gasteiger partial charge is 0.277 e. The van der Waals surface area contributed by atoms with Gasteiger partial charge < -0.3 is 10.3 Å². The first-order chi connectivity index (χ1) is 12.8. The number of benzene rings is 1. The number of nitrogens with two attached hydrogens (primary N) is 1. The van der Waals surface area contributed by atoms with Gasteiger partial charge in [0.15, 0.2) is 0 Å². The molecule has 1 aromatic carbocycles. The van der Waals surface area contributed by atoms with Crippen molar-refractivity contribution < 1.29 is 12.8 Å². The second-order valence-electron chi connectivity index (χ2n) is 6.30. The summed E-state index contributed by atoms with van der Waals surface area (Å²) >= 11 is 0. The molecule has 3 aromatic rings. The number of anilines is 2. The summed E-state index contributed by atoms with van der Waals surface area (Å²) in [6, 6.07) is 7.62. The monoisotopic (exact) mass is 389 g/mol. The quantitative estimate of drug-likeness (QED) is 0.625. The van der Waals surface area contributed by atoms with E-state index in [0.717, 1.165) is 9.87 Å². The van der Waals surface area contributed by atoms with Crippen molar-refractivity contribution in [3.8, 4) is 0 Å². The number of aromatic amines is 1. The zero-order valence-corrected chi connectivity index (χ0v) is 14.9. The molecule has 1 aliphatic heterocycles. The van der Waals surface area contributed by atoms with E-state index in [4.69, 9.17) is 5.14 Å². The number of halogens is 1. The molecular weight excluding hydrogens is 373 g/mol. The number of hydrogen-bond donors (Lipinski definition) is 3. The first-order valence-electron chi connectivity index (χ1n) is 8.15. The molecule has 3 heterocycles. The van der Waals surface area contributed by atoms with Crippen LogP contribution in [-0.2, 0) is 23.2 Å². The van der Waals surface area contributed by atoms with Gasteiger partial charge in [-0.1, -0.05) is 0 Å². The molecule has 0 saturated heterocycles. The summed E-state index contributed by atoms with van der Waals surface area (Å²) in [6.07, 6.45) is 1.89. The Kier molecular flexibility index (Phi) is 4.17. The third-order valence-electron chi connectivity index (χ3n) is 4.53. The van der Waals surface area contributed by atoms with E-state index in [-0.39, 0.29) is 24.3 Å². The summed E-state index contributed by atoms with van der Waals surface area (Å²) < 4.78 is 38.9. The number of rotatable bonds is 3. The summed E-state index contributed by atoms with van der Waals surface area (Å²) in [5, 5.41) is 8.83. The van der Waals surface area contributed by atoms with E-state index in [9.17, 15) is 17.6 Å². The minimum absolute atomic E-state index is 0.0908. The lowest BCUT2D eigenvalue weighted by molar-refractivity contribution is 0.391. The highest BCUT2D eigenvalue weighted by Crippen LogP contribution is 2.30. The lowest BCUT2D eigenvalue weighted by atomic mass is 10.00. The van der Waals surface area contributed by atoms with Crippen molar-refractivity contribution in [3.05, 3.63) is 63.8 Å². The fraction of sp³-hybridized carbons (Fsp3) is 0.176. The number of fused-ring (bicyclic) bond motifs is 2. The van der Waals surface area contributed by atoms with Crippen molar-refractivity contribution in [2.45, 2.75) is 13.0 Å². The van der Waals surface area contributed by atoms with Crippen LogP contribution in [0.15, 0.2) is 41.3 Å². The predicted molar refractivity (Wildman–Crippen MR) is 99.3 cm³/mol. The van der Waals surface area contributed by atoms with Crippen LogP contribution < -0.4 is 16.0 Å². The third kappa shape index (κ3) is 3.42. The predicted octanol–water partition coefficient (Wildman–Crippen LogP) is 1.37. The Hall–Kier alpha value is -2.82. The van der Waals surface area contributed by atoms with E-state index in [1.165, 1.54) is 18.3 Å². The van der Waals surface area contributed by atoms with Crippen LogP contribution >= 0.6 is 0 Å². The maximum absolute atomic E-state index is 14.6. The van der Waals surface area contributed by atoms with Gasteiger partial charge >= 0.3 is 0 Å². The van der Waals surface area contributed by atoms with Crippen molar-refractivity contribution in [2.75, 3.05) is 11.9 Å². The molecule has 140 valence electrons. The van der Waals surface area contributed by atoms with Crippen LogP contribution in [0.2, 0.25) is 0 Å². The summed E-state index contributed by atoms with van der Waals surface area (Å²) in [4.78, 5) is 18.2. The number of aromatic nitrogens is 2. The van der Waals surface area contributed by atoms with E-state index in [1.807, 2.05) is 0 Å². The molecule has 0 spiro atoms. The lowest BCUT2D eigenvalue weighted by Crippen LogP contribution is -2.40. The van der Waals surface area contributed by atoms with E-state index in [0.29, 0.717) is 28.7 Å². The molecule has 1 aliphatic rings. The molecule has 0 radical (unpaired) electrons. The van der Waals surface area contributed by atoms with Crippen LogP contribution in [0.1, 0.15) is 11.1 Å². The minimum Gasteiger partial charge on any atom is -0.352 e. The van der Waals surface area contributed by atoms with Crippen LogP contribution in [-0.4, -0.2) is 29.2 Å². The zero-order chi connectivity index (χ0) is 19.2. The lowest BCUT2D eigenvalue weighted by Gasteiger charge is -2.27. The van der Waals surface area contributed by atoms with Crippen molar-refractivity contribution in [3.63, 3.8) is 0 Å². The van der Waals surface area contributed by atoms with Gasteiger partial charge in [0.05, 0.1) is 11.4 Å². The molecule has 0 amide bonds. The molecule has 2 aromatic heterocycles. The van der Waals surface area contributed by atoms with Gasteiger partial charge in [0.1, 0.15) is 11.5 Å². The molecule has 0 bridgehead atoms. The van der Waals surface area contributed by atoms with Crippen molar-refractivity contribution in [2.24, 2.45) is 5.14 Å². The van der Waals surface area contributed by atoms with Gasteiger partial charge in [-0.05, 0) is 41.8 Å². The highest BCUT2D eigenvalue weighted by atomic mass is 32.2. The van der Waals surface area contributed by atoms with Crippen LogP contribution in [0.25, 0.3) is 11.0 Å². The summed E-state index contributed by atoms with van der Waals surface area (Å²) in [5.41, 5.74) is 2.30. The molecule has 0 saturated carbocycles. The summed E-state index contributed by atoms with van der Waals surface area (Å²) in [5.74, 6) is -0.452. The fourth-order valence-electron chi connectivity index (χ4n) is 3.18. The maximum Gasteiger partial charge on any atom is 0.277 e. The first kappa shape index (κ1) is 17.6. The van der Waals surface area contributed by atoms with Crippen molar-refractivity contribution >= 4 is 32.6 Å². The molecule has 10 heteroatoms. The van der Waals surface area contributed by atoms with Gasteiger partial charge in [-0.2, -0.15) is 12.7 Å². The number of H-pyrrole nitrogens is 1. The van der Waals surface area contributed by atoms with E-state index in [1.54, 1.807) is 18.2 Å². The van der Waals surface area contributed by atoms with E-state index in [2.05, 4.69) is 15.3 Å². The van der Waals surface area contributed by atoms with Crippen molar-refractivity contribution in [1.29, 1.82) is 0 Å². The van der Waals surface area contributed by atoms with Crippen LogP contribution in [0.3, 0.4) is 0 Å². The topological polar surface area (TPSA) is 121 Å². The molecule has 0 unspecified atom stereocenters. The number of pyridine rings is 2. The van der Waals surface area contributed by atoms with Crippen molar-refractivity contribution in [1.82, 2.24) is 14.3 Å². The number of nitrogens with zero attached hydrogens (tertiary/aromatic N) is 2. The highest BCUT2D eigenvalue weighted by molar-refractivity contribution is 7.86. The molecular formula is C17H16FN5O3S. The van der Waals surface area contributed by atoms with Gasteiger partial charge in [-0.3, -0.25) is 4.79 Å². The molecule has 0 aliphatic carbocycles. The molecule has 27 heavy (non-hydrogen) atoms. The Bertz CT molecular complexity index is 1210. The maximum atomic E-state index is 14.6. The van der Waals surface area contributed by atoms with Gasteiger partial charge in [0, 0.05) is 30.7 Å². The summed E-state index contributed by atoms with van der Waals surface area (Å²) in [6.45, 7) is 0.313. The van der Waals surface area contributed by atoms with E-state index >= 15 is 0 Å². The summed E-state index contributed by atoms with van der Waals surface area (Å²) in [7, 11) is -3.81. The van der Waals surface area contributed by atoms with E-state index < -0.39 is 16.0 Å². The average Bonchev–Trinajstić information content (AvgIpc) is 2.61. The molecule has 8 nitrogen and oxygen atoms in total. The molecule has 0 atom stereocenters. The van der Waals surface area contributed by atoms with Crippen LogP contribution in [0.4, 0.5) is 15.8 Å². The Balaban J connectivity index is 1.73. The standard InChI is InChI=1S/C17H16FN5O3S/c18-13-7-10-4-6-23(27(19,25)26)9-11(10)8-15(13)21-14-3-5-20-17-12(14)1-2-16(24)22-17/h1-3,5,7-8H,4,6,9H2,(H2,19,25,26)(H2,20,21,22,24). The molecule has 0 fully saturated rings. The highest BCUT2D eigenvalue weighted by Gasteiger charge is 2.25. The first-order valence-corrected chi connectivity index (χ1v) is 9.66. The van der Waals surface area contributed by atoms with Gasteiger partial charge in [-0.25, -0.2) is 14.5 Å². The number of hydrogen-bond acceptors (Lipinski definition) is 5. The minimum atomic E-state index is -3.81. The van der Waals surface area contributed by atoms with Crippen LogP contribution in [0.5, 0.6) is 0 Å². The van der Waals surface area contributed by atoms with Crippen LogP contribution in [0, 0.1) is 5.82 Å². The second-order valence-corrected chi connectivity index (χ2v) is 7.84. The molecule has 4 N–H and O–H groups in total. The number of nitrogens with one attached hydrogen (secondary N) is 2. The largest absolute Gasteiger partial charge is 0.352 e. The Morgan fingerprint density at radius 2 is 2.00 bits per heavy atom. The third-order valence-corrected chi connectivity index (χ3v) is 5.56. The normalized spacial score (nSPS) is 14.9. The molecule has 4 rings (SSSR count). The van der Waals surface area contributed by atoms with Gasteiger partial charge in [0.2, 0.25) is 5.56 Å². The van der Waals surface area contributed by atoms with Gasteiger partial charge in [0.25, 0.3) is 10.2 Å². The van der Waals surface area contributed by atoms with Gasteiger partial charge in [-0.15, -0.1) is 0 Å². The SMILES string of the molecule is NS(=O)(=O)N1CCc2cc(F)c(Nc3ccnc4[nH]c(=O)ccc34)cc2C1. The second kappa shape index (κ2) is 6.41. The fourth-order valence-corrected chi connectivity index (χ4v) is 3.84. The Morgan fingerprint density at radius 3 is 2.78 bits per heavy atom. The Labute approximate surface area is 154 Å².